The third-order valence-corrected chi connectivity index (χ3v) is 1.97. The van der Waals surface area contributed by atoms with Gasteiger partial charge in [0, 0.05) is 0 Å². The van der Waals surface area contributed by atoms with E-state index < -0.39 is 17.5 Å². The van der Waals surface area contributed by atoms with Crippen LogP contribution in [-0.2, 0) is 6.18 Å². The molecule has 2 rings (SSSR count). The lowest BCUT2D eigenvalue weighted by atomic mass is 10.1. The second-order valence-electron chi connectivity index (χ2n) is 2.99. The molecule has 82 valence electrons. The number of alkyl halides is 3. The average molecular weight is 220 g/mol. The largest absolute Gasteiger partial charge is 0.504 e. The minimum absolute atomic E-state index is 0.0412. The maximum absolute atomic E-state index is 12.5. The number of fused-ring (bicyclic) bond motifs is 1. The molecule has 0 fully saturated rings. The predicted octanol–water partition coefficient (Wildman–Crippen LogP) is 2.18. The smallest absolute Gasteiger partial charge is 0.420 e. The van der Waals surface area contributed by atoms with Crippen molar-refractivity contribution in [1.29, 1.82) is 0 Å². The molecule has 3 nitrogen and oxygen atoms in total. The highest BCUT2D eigenvalue weighted by molar-refractivity contribution is 5.56. The normalized spacial score (nSPS) is 15.1. The first-order chi connectivity index (χ1) is 7.00. The van der Waals surface area contributed by atoms with Crippen LogP contribution in [0.25, 0.3) is 0 Å². The van der Waals surface area contributed by atoms with Gasteiger partial charge in [0.1, 0.15) is 18.8 Å². The van der Waals surface area contributed by atoms with Gasteiger partial charge in [0.05, 0.1) is 0 Å². The first-order valence-electron chi connectivity index (χ1n) is 4.19. The van der Waals surface area contributed by atoms with E-state index >= 15 is 0 Å². The summed E-state index contributed by atoms with van der Waals surface area (Å²) in [7, 11) is 0. The number of phenols is 1. The highest BCUT2D eigenvalue weighted by Gasteiger charge is 2.37. The van der Waals surface area contributed by atoms with Crippen molar-refractivity contribution in [3.63, 3.8) is 0 Å². The Hall–Kier alpha value is -1.59. The lowest BCUT2D eigenvalue weighted by Gasteiger charge is -2.22. The minimum atomic E-state index is -4.52. The van der Waals surface area contributed by atoms with Crippen molar-refractivity contribution in [2.45, 2.75) is 6.18 Å². The van der Waals surface area contributed by atoms with Crippen molar-refractivity contribution in [3.05, 3.63) is 17.7 Å². The van der Waals surface area contributed by atoms with Crippen LogP contribution >= 0.6 is 0 Å². The molecule has 0 atom stereocenters. The van der Waals surface area contributed by atoms with Gasteiger partial charge in [-0.15, -0.1) is 0 Å². The third kappa shape index (κ3) is 1.67. The van der Waals surface area contributed by atoms with E-state index in [0.717, 1.165) is 12.1 Å². The SMILES string of the molecule is Oc1ccc(C(F)(F)F)c2c1OCCO2. The second-order valence-corrected chi connectivity index (χ2v) is 2.99. The van der Waals surface area contributed by atoms with Crippen LogP contribution in [0.2, 0.25) is 0 Å². The summed E-state index contributed by atoms with van der Waals surface area (Å²) in [4.78, 5) is 0. The molecule has 0 aromatic heterocycles. The molecule has 0 amide bonds. The molecule has 0 bridgehead atoms. The number of aromatic hydroxyl groups is 1. The van der Waals surface area contributed by atoms with Gasteiger partial charge in [0.15, 0.2) is 11.5 Å². The van der Waals surface area contributed by atoms with Crippen molar-refractivity contribution in [3.8, 4) is 17.2 Å². The molecule has 0 saturated carbocycles. The summed E-state index contributed by atoms with van der Waals surface area (Å²) in [5.41, 5.74) is -0.935. The summed E-state index contributed by atoms with van der Waals surface area (Å²) in [5.74, 6) is -1.03. The van der Waals surface area contributed by atoms with Crippen LogP contribution in [0.3, 0.4) is 0 Å². The fourth-order valence-corrected chi connectivity index (χ4v) is 1.35. The Balaban J connectivity index is 2.58. The minimum Gasteiger partial charge on any atom is -0.504 e. The number of rotatable bonds is 0. The zero-order valence-electron chi connectivity index (χ0n) is 7.47. The first kappa shape index (κ1) is 9.95. The van der Waals surface area contributed by atoms with Gasteiger partial charge >= 0.3 is 6.18 Å². The van der Waals surface area contributed by atoms with E-state index in [0.29, 0.717) is 0 Å². The number of halogens is 3. The summed E-state index contributed by atoms with van der Waals surface area (Å²) in [6.45, 7) is 0.168. The molecule has 1 N–H and O–H groups in total. The van der Waals surface area contributed by atoms with Crippen LogP contribution < -0.4 is 9.47 Å². The molecule has 1 aliphatic heterocycles. The summed E-state index contributed by atoms with van der Waals surface area (Å²) in [6, 6.07) is 1.71. The van der Waals surface area contributed by atoms with Gasteiger partial charge in [0.25, 0.3) is 0 Å². The van der Waals surface area contributed by atoms with E-state index in [1.165, 1.54) is 0 Å². The number of hydrogen-bond donors (Lipinski definition) is 1. The fourth-order valence-electron chi connectivity index (χ4n) is 1.35. The van der Waals surface area contributed by atoms with Gasteiger partial charge in [-0.2, -0.15) is 13.2 Å². The van der Waals surface area contributed by atoms with Crippen LogP contribution in [0.4, 0.5) is 13.2 Å². The summed E-state index contributed by atoms with van der Waals surface area (Å²) in [6.07, 6.45) is -4.52. The maximum Gasteiger partial charge on any atom is 0.420 e. The monoisotopic (exact) mass is 220 g/mol. The molecule has 6 heteroatoms. The van der Waals surface area contributed by atoms with E-state index in [4.69, 9.17) is 9.47 Å². The quantitative estimate of drug-likeness (QED) is 0.728. The second kappa shape index (κ2) is 3.22. The number of ether oxygens (including phenoxy) is 2. The predicted molar refractivity (Wildman–Crippen MR) is 44.1 cm³/mol. The molecular formula is C9H7F3O3. The lowest BCUT2D eigenvalue weighted by molar-refractivity contribution is -0.139. The van der Waals surface area contributed by atoms with Crippen molar-refractivity contribution in [1.82, 2.24) is 0 Å². The van der Waals surface area contributed by atoms with Crippen LogP contribution in [0, 0.1) is 0 Å². The molecule has 1 aromatic rings. The van der Waals surface area contributed by atoms with Crippen LogP contribution in [0.5, 0.6) is 17.2 Å². The van der Waals surface area contributed by atoms with Crippen LogP contribution in [-0.4, -0.2) is 18.3 Å². The van der Waals surface area contributed by atoms with Gasteiger partial charge in [0.2, 0.25) is 5.75 Å². The summed E-state index contributed by atoms with van der Waals surface area (Å²) >= 11 is 0. The Labute approximate surface area is 83.0 Å². The van der Waals surface area contributed by atoms with Crippen molar-refractivity contribution in [2.75, 3.05) is 13.2 Å². The molecule has 1 aromatic carbocycles. The van der Waals surface area contributed by atoms with Crippen LogP contribution in [0.15, 0.2) is 12.1 Å². The third-order valence-electron chi connectivity index (χ3n) is 1.97. The Bertz CT molecular complexity index is 387. The van der Waals surface area contributed by atoms with E-state index in [2.05, 4.69) is 0 Å². The standard InChI is InChI=1S/C9H7F3O3/c10-9(11,12)5-1-2-6(13)8-7(5)14-3-4-15-8/h1-2,13H,3-4H2. The van der Waals surface area contributed by atoms with Gasteiger partial charge in [-0.25, -0.2) is 0 Å². The lowest BCUT2D eigenvalue weighted by Crippen LogP contribution is -2.19. The molecule has 1 heterocycles. The van der Waals surface area contributed by atoms with Crippen molar-refractivity contribution in [2.24, 2.45) is 0 Å². The highest BCUT2D eigenvalue weighted by atomic mass is 19.4. The molecule has 15 heavy (non-hydrogen) atoms. The number of benzene rings is 1. The van der Waals surface area contributed by atoms with Crippen molar-refractivity contribution < 1.29 is 27.8 Å². The Morgan fingerprint density at radius 2 is 1.67 bits per heavy atom. The van der Waals surface area contributed by atoms with E-state index in [9.17, 15) is 18.3 Å². The van der Waals surface area contributed by atoms with Gasteiger partial charge in [-0.3, -0.25) is 0 Å². The Morgan fingerprint density at radius 1 is 1.07 bits per heavy atom. The topological polar surface area (TPSA) is 38.7 Å². The zero-order chi connectivity index (χ0) is 11.1. The molecule has 0 radical (unpaired) electrons. The molecular weight excluding hydrogens is 213 g/mol. The van der Waals surface area contributed by atoms with Gasteiger partial charge in [-0.1, -0.05) is 0 Å². The molecule has 0 unspecified atom stereocenters. The fraction of sp³-hybridized carbons (Fsp3) is 0.333. The number of phenolic OH excluding ortho intramolecular Hbond substituents is 1. The molecule has 0 spiro atoms. The number of hydrogen-bond acceptors (Lipinski definition) is 3. The van der Waals surface area contributed by atoms with E-state index in [-0.39, 0.29) is 24.7 Å². The Morgan fingerprint density at radius 3 is 2.27 bits per heavy atom. The van der Waals surface area contributed by atoms with Gasteiger partial charge < -0.3 is 14.6 Å². The molecule has 1 aliphatic rings. The van der Waals surface area contributed by atoms with Gasteiger partial charge in [-0.05, 0) is 12.1 Å². The van der Waals surface area contributed by atoms with Crippen molar-refractivity contribution >= 4 is 0 Å². The first-order valence-corrected chi connectivity index (χ1v) is 4.19. The van der Waals surface area contributed by atoms with E-state index in [1.807, 2.05) is 0 Å². The maximum atomic E-state index is 12.5. The van der Waals surface area contributed by atoms with Crippen LogP contribution in [0.1, 0.15) is 5.56 Å². The molecule has 0 saturated heterocycles. The summed E-state index contributed by atoms with van der Waals surface area (Å²) < 4.78 is 47.2. The zero-order valence-corrected chi connectivity index (χ0v) is 7.47. The van der Waals surface area contributed by atoms with E-state index in [1.54, 1.807) is 0 Å². The summed E-state index contributed by atoms with van der Waals surface area (Å²) in [5, 5.41) is 9.27. The average Bonchev–Trinajstić information content (AvgIpc) is 2.17. The Kier molecular flexibility index (Phi) is 2.13. The molecule has 0 aliphatic carbocycles. The highest BCUT2D eigenvalue weighted by Crippen LogP contribution is 2.47.